The Morgan fingerprint density at radius 1 is 1.20 bits per heavy atom. The smallest absolute Gasteiger partial charge is 0.319 e. The van der Waals surface area contributed by atoms with E-state index in [-0.39, 0.29) is 17.0 Å². The van der Waals surface area contributed by atoms with Crippen LogP contribution in [0.1, 0.15) is 52.9 Å². The lowest BCUT2D eigenvalue weighted by atomic mass is 9.54. The molecule has 0 saturated heterocycles. The third-order valence-electron chi connectivity index (χ3n) is 5.58. The Hall–Kier alpha value is -1.25. The van der Waals surface area contributed by atoms with E-state index in [9.17, 15) is 4.79 Å². The second-order valence-electron chi connectivity index (χ2n) is 8.04. The molecule has 3 heteroatoms. The Labute approximate surface area is 120 Å². The minimum Gasteiger partial charge on any atom is -0.328 e. The van der Waals surface area contributed by atoms with Gasteiger partial charge in [-0.3, -0.25) is 0 Å². The summed E-state index contributed by atoms with van der Waals surface area (Å²) in [4.78, 5) is 12.2. The largest absolute Gasteiger partial charge is 0.328 e. The van der Waals surface area contributed by atoms with E-state index >= 15 is 0 Å². The van der Waals surface area contributed by atoms with Crippen molar-refractivity contribution in [1.29, 1.82) is 0 Å². The molecule has 2 amide bonds. The summed E-state index contributed by atoms with van der Waals surface area (Å²) in [6.45, 7) is 7.00. The third-order valence-corrected chi connectivity index (χ3v) is 5.58. The highest BCUT2D eigenvalue weighted by atomic mass is 16.2. The van der Waals surface area contributed by atoms with Crippen LogP contribution in [0.25, 0.3) is 0 Å². The summed E-state index contributed by atoms with van der Waals surface area (Å²) in [6, 6.07) is 0.00977. The first kappa shape index (κ1) is 12.5. The zero-order valence-corrected chi connectivity index (χ0v) is 12.7. The molecule has 108 valence electrons. The molecule has 1 fully saturated rings. The molecule has 4 aliphatic rings. The van der Waals surface area contributed by atoms with E-state index in [1.807, 2.05) is 0 Å². The van der Waals surface area contributed by atoms with Gasteiger partial charge in [0.05, 0.1) is 5.54 Å². The zero-order valence-electron chi connectivity index (χ0n) is 12.7. The summed E-state index contributed by atoms with van der Waals surface area (Å²) in [5, 5.41) is 6.40. The molecule has 2 N–H and O–H groups in total. The molecule has 0 aromatic heterocycles. The SMILES string of the molecule is CC1CC2=CC3(C)CC(C)CC4(C3)NC(=O)NC(=C24)C1. The van der Waals surface area contributed by atoms with Crippen LogP contribution in [0.15, 0.2) is 22.9 Å². The minimum absolute atomic E-state index is 0.00977. The lowest BCUT2D eigenvalue weighted by Gasteiger charge is -2.56. The van der Waals surface area contributed by atoms with E-state index < -0.39 is 0 Å². The van der Waals surface area contributed by atoms with Gasteiger partial charge in [0, 0.05) is 5.70 Å². The Kier molecular flexibility index (Phi) is 2.30. The second kappa shape index (κ2) is 3.69. The van der Waals surface area contributed by atoms with Gasteiger partial charge in [-0.05, 0) is 60.5 Å². The number of fused-ring (bicyclic) bond motifs is 1. The molecule has 1 heterocycles. The van der Waals surface area contributed by atoms with E-state index in [0.29, 0.717) is 11.8 Å². The van der Waals surface area contributed by atoms with E-state index in [1.54, 1.807) is 0 Å². The predicted octanol–water partition coefficient (Wildman–Crippen LogP) is 3.49. The summed E-state index contributed by atoms with van der Waals surface area (Å²) in [7, 11) is 0. The molecule has 1 saturated carbocycles. The van der Waals surface area contributed by atoms with Crippen LogP contribution >= 0.6 is 0 Å². The monoisotopic (exact) mass is 272 g/mol. The maximum absolute atomic E-state index is 12.2. The van der Waals surface area contributed by atoms with Crippen LogP contribution < -0.4 is 10.6 Å². The maximum Gasteiger partial charge on any atom is 0.319 e. The van der Waals surface area contributed by atoms with Crippen LogP contribution in [0, 0.1) is 17.3 Å². The fourth-order valence-corrected chi connectivity index (χ4v) is 5.60. The lowest BCUT2D eigenvalue weighted by molar-refractivity contribution is 0.112. The highest BCUT2D eigenvalue weighted by molar-refractivity contribution is 5.81. The number of urea groups is 1. The highest BCUT2D eigenvalue weighted by Gasteiger charge is 2.54. The molecule has 1 spiro atoms. The number of allylic oxidation sites excluding steroid dienone is 2. The van der Waals surface area contributed by atoms with Crippen molar-refractivity contribution in [3.8, 4) is 0 Å². The normalized spacial score (nSPS) is 46.1. The fraction of sp³-hybridized carbons (Fsp3) is 0.706. The van der Waals surface area contributed by atoms with Crippen LogP contribution in [0.5, 0.6) is 0 Å². The Morgan fingerprint density at radius 2 is 2.00 bits per heavy atom. The average Bonchev–Trinajstić information content (AvgIpc) is 2.22. The summed E-state index contributed by atoms with van der Waals surface area (Å²) in [5.41, 5.74) is 4.32. The van der Waals surface area contributed by atoms with E-state index in [2.05, 4.69) is 37.5 Å². The van der Waals surface area contributed by atoms with Gasteiger partial charge in [0.2, 0.25) is 0 Å². The first-order valence-corrected chi connectivity index (χ1v) is 7.94. The van der Waals surface area contributed by atoms with Crippen LogP contribution in [0.4, 0.5) is 4.79 Å². The first-order valence-electron chi connectivity index (χ1n) is 7.94. The van der Waals surface area contributed by atoms with Crippen LogP contribution in [-0.4, -0.2) is 11.6 Å². The molecule has 0 aromatic rings. The van der Waals surface area contributed by atoms with E-state index in [4.69, 9.17) is 0 Å². The first-order chi connectivity index (χ1) is 9.39. The van der Waals surface area contributed by atoms with Crippen molar-refractivity contribution < 1.29 is 4.79 Å². The molecular formula is C17H24N2O. The molecule has 3 nitrogen and oxygen atoms in total. The van der Waals surface area contributed by atoms with Gasteiger partial charge in [-0.1, -0.05) is 26.8 Å². The number of amides is 2. The lowest BCUT2D eigenvalue weighted by Crippen LogP contribution is -2.64. The van der Waals surface area contributed by atoms with Gasteiger partial charge in [-0.2, -0.15) is 0 Å². The standard InChI is InChI=1S/C17H24N2O/c1-10-4-12-8-16(3)6-11(2)7-17(9-16)14(12)13(5-10)18-15(20)19-17/h8,10-11H,4-7,9H2,1-3H3,(H2,18,19,20). The van der Waals surface area contributed by atoms with Crippen molar-refractivity contribution in [3.63, 3.8) is 0 Å². The van der Waals surface area contributed by atoms with E-state index in [0.717, 1.165) is 19.3 Å². The molecule has 4 rings (SSSR count). The molecule has 2 bridgehead atoms. The van der Waals surface area contributed by atoms with Crippen LogP contribution in [-0.2, 0) is 0 Å². The third kappa shape index (κ3) is 1.61. The molecule has 20 heavy (non-hydrogen) atoms. The summed E-state index contributed by atoms with van der Waals surface area (Å²) >= 11 is 0. The van der Waals surface area contributed by atoms with Crippen LogP contribution in [0.2, 0.25) is 0 Å². The number of carbonyl (C=O) groups is 1. The molecule has 0 aromatic carbocycles. The number of rotatable bonds is 0. The Morgan fingerprint density at radius 3 is 2.80 bits per heavy atom. The van der Waals surface area contributed by atoms with Crippen LogP contribution in [0.3, 0.4) is 0 Å². The van der Waals surface area contributed by atoms with Crippen molar-refractivity contribution in [2.24, 2.45) is 17.3 Å². The van der Waals surface area contributed by atoms with Crippen molar-refractivity contribution in [2.45, 2.75) is 58.4 Å². The van der Waals surface area contributed by atoms with Gasteiger partial charge < -0.3 is 10.6 Å². The van der Waals surface area contributed by atoms with Crippen molar-refractivity contribution in [2.75, 3.05) is 0 Å². The molecule has 3 aliphatic carbocycles. The van der Waals surface area contributed by atoms with Gasteiger partial charge in [0.1, 0.15) is 0 Å². The van der Waals surface area contributed by atoms with Crippen molar-refractivity contribution in [3.05, 3.63) is 22.9 Å². The summed E-state index contributed by atoms with van der Waals surface area (Å²) in [5.74, 6) is 1.30. The second-order valence-corrected chi connectivity index (χ2v) is 8.04. The summed E-state index contributed by atoms with van der Waals surface area (Å²) < 4.78 is 0. The maximum atomic E-state index is 12.2. The molecule has 4 atom stereocenters. The molecule has 1 aliphatic heterocycles. The topological polar surface area (TPSA) is 41.1 Å². The molecular weight excluding hydrogens is 248 g/mol. The van der Waals surface area contributed by atoms with Crippen molar-refractivity contribution >= 4 is 6.03 Å². The molecule has 4 unspecified atom stereocenters. The van der Waals surface area contributed by atoms with E-state index in [1.165, 1.54) is 29.7 Å². The Bertz CT molecular complexity index is 561. The zero-order chi connectivity index (χ0) is 14.1. The van der Waals surface area contributed by atoms with Crippen molar-refractivity contribution in [1.82, 2.24) is 10.6 Å². The average molecular weight is 272 g/mol. The summed E-state index contributed by atoms with van der Waals surface area (Å²) in [6.07, 6.45) is 8.15. The number of hydrogen-bond donors (Lipinski definition) is 2. The Balaban J connectivity index is 1.95. The quantitative estimate of drug-likeness (QED) is 0.696. The van der Waals surface area contributed by atoms with Gasteiger partial charge >= 0.3 is 6.03 Å². The minimum atomic E-state index is -0.0890. The number of carbonyl (C=O) groups excluding carboxylic acids is 1. The van der Waals surface area contributed by atoms with Gasteiger partial charge in [0.25, 0.3) is 0 Å². The van der Waals surface area contributed by atoms with Gasteiger partial charge in [0.15, 0.2) is 0 Å². The number of hydrogen-bond acceptors (Lipinski definition) is 1. The highest BCUT2D eigenvalue weighted by Crippen LogP contribution is 2.57. The predicted molar refractivity (Wildman–Crippen MR) is 79.0 cm³/mol. The molecule has 0 radical (unpaired) electrons. The van der Waals surface area contributed by atoms with Gasteiger partial charge in [-0.25, -0.2) is 4.79 Å². The fourth-order valence-electron chi connectivity index (χ4n) is 5.60. The number of nitrogens with one attached hydrogen (secondary N) is 2. The van der Waals surface area contributed by atoms with Gasteiger partial charge in [-0.15, -0.1) is 0 Å².